The van der Waals surface area contributed by atoms with Gasteiger partial charge in [0.2, 0.25) is 6.08 Å². The third-order valence-electron chi connectivity index (χ3n) is 2.65. The van der Waals surface area contributed by atoms with Crippen LogP contribution in [0.5, 0.6) is 0 Å². The highest BCUT2D eigenvalue weighted by Gasteiger charge is 2.46. The number of hydrogen-bond acceptors (Lipinski definition) is 3. The zero-order chi connectivity index (χ0) is 10.9. The maximum Gasteiger partial charge on any atom is 0.235 e. The molecule has 0 bridgehead atoms. The molecule has 78 valence electrons. The van der Waals surface area contributed by atoms with E-state index in [-0.39, 0.29) is 5.54 Å². The van der Waals surface area contributed by atoms with Gasteiger partial charge >= 0.3 is 0 Å². The second kappa shape index (κ2) is 4.12. The van der Waals surface area contributed by atoms with Gasteiger partial charge in [-0.05, 0) is 42.9 Å². The fourth-order valence-corrected chi connectivity index (χ4v) is 2.73. The summed E-state index contributed by atoms with van der Waals surface area (Å²) in [5.41, 5.74) is 0.872. The van der Waals surface area contributed by atoms with E-state index >= 15 is 0 Å². The van der Waals surface area contributed by atoms with E-state index in [9.17, 15) is 4.79 Å². The zero-order valence-corrected chi connectivity index (χ0v) is 10.7. The van der Waals surface area contributed by atoms with Crippen molar-refractivity contribution >= 4 is 33.8 Å². The molecule has 0 saturated heterocycles. The number of hydrogen-bond donors (Lipinski definition) is 0. The molecule has 1 saturated carbocycles. The van der Waals surface area contributed by atoms with Crippen LogP contribution >= 0.6 is 27.7 Å². The molecule has 1 aromatic rings. The summed E-state index contributed by atoms with van der Waals surface area (Å²) in [5.74, 6) is 0. The van der Waals surface area contributed by atoms with Crippen LogP contribution in [0.2, 0.25) is 0 Å². The molecule has 0 atom stereocenters. The van der Waals surface area contributed by atoms with Crippen molar-refractivity contribution in [3.63, 3.8) is 0 Å². The minimum atomic E-state index is -0.274. The Morgan fingerprint density at radius 2 is 2.27 bits per heavy atom. The summed E-state index contributed by atoms with van der Waals surface area (Å²) in [7, 11) is 0. The van der Waals surface area contributed by atoms with E-state index in [4.69, 9.17) is 0 Å². The summed E-state index contributed by atoms with van der Waals surface area (Å²) < 4.78 is 1.03. The van der Waals surface area contributed by atoms with Gasteiger partial charge in [-0.2, -0.15) is 4.99 Å². The second-order valence-corrected chi connectivity index (χ2v) is 5.34. The average Bonchev–Trinajstić information content (AvgIpc) is 2.99. The number of isocyanates is 1. The highest BCUT2D eigenvalue weighted by molar-refractivity contribution is 9.10. The first kappa shape index (κ1) is 10.9. The molecule has 0 aliphatic heterocycles. The number of aliphatic imine (C=N–C) groups is 1. The molecule has 1 aliphatic carbocycles. The lowest BCUT2D eigenvalue weighted by atomic mass is 10.1. The van der Waals surface area contributed by atoms with E-state index in [1.54, 1.807) is 17.8 Å². The van der Waals surface area contributed by atoms with Crippen LogP contribution in [-0.4, -0.2) is 12.3 Å². The van der Waals surface area contributed by atoms with Crippen LogP contribution in [0.15, 0.2) is 32.6 Å². The van der Waals surface area contributed by atoms with Crippen molar-refractivity contribution in [3.8, 4) is 0 Å². The molecule has 1 aliphatic rings. The van der Waals surface area contributed by atoms with E-state index in [1.165, 1.54) is 4.90 Å². The molecular formula is C11H10BrNOS. The molecule has 15 heavy (non-hydrogen) atoms. The molecule has 1 fully saturated rings. The minimum Gasteiger partial charge on any atom is -0.211 e. The van der Waals surface area contributed by atoms with Gasteiger partial charge in [-0.15, -0.1) is 11.8 Å². The molecule has 4 heteroatoms. The maximum absolute atomic E-state index is 10.4. The normalized spacial score (nSPS) is 16.9. The standard InChI is InChI=1S/C11H10BrNOS/c1-15-10-3-2-8(12)6-9(10)11(4-5-11)13-7-14/h2-3,6H,4-5H2,1H3. The van der Waals surface area contributed by atoms with Crippen molar-refractivity contribution in [2.75, 3.05) is 6.26 Å². The van der Waals surface area contributed by atoms with Gasteiger partial charge in [-0.1, -0.05) is 15.9 Å². The van der Waals surface area contributed by atoms with Crippen molar-refractivity contribution < 1.29 is 4.79 Å². The Balaban J connectivity index is 2.50. The molecule has 2 rings (SSSR count). The first-order valence-corrected chi connectivity index (χ1v) is 6.67. The third kappa shape index (κ3) is 2.03. The summed E-state index contributed by atoms with van der Waals surface area (Å²) in [5, 5.41) is 0. The molecule has 1 aromatic carbocycles. The van der Waals surface area contributed by atoms with Gasteiger partial charge in [-0.25, -0.2) is 4.79 Å². The predicted octanol–water partition coefficient (Wildman–Crippen LogP) is 3.50. The van der Waals surface area contributed by atoms with Crippen molar-refractivity contribution in [1.82, 2.24) is 0 Å². The molecule has 0 amide bonds. The molecule has 0 aromatic heterocycles. The van der Waals surface area contributed by atoms with Crippen molar-refractivity contribution in [3.05, 3.63) is 28.2 Å². The minimum absolute atomic E-state index is 0.274. The Morgan fingerprint density at radius 1 is 1.53 bits per heavy atom. The van der Waals surface area contributed by atoms with Crippen LogP contribution in [0.25, 0.3) is 0 Å². The van der Waals surface area contributed by atoms with Crippen LogP contribution in [0, 0.1) is 0 Å². The Morgan fingerprint density at radius 3 is 2.80 bits per heavy atom. The van der Waals surface area contributed by atoms with Gasteiger partial charge in [0.25, 0.3) is 0 Å². The first-order valence-electron chi connectivity index (χ1n) is 4.65. The summed E-state index contributed by atoms with van der Waals surface area (Å²) in [6.45, 7) is 0. The van der Waals surface area contributed by atoms with Crippen LogP contribution in [0.4, 0.5) is 0 Å². The Hall–Kier alpha value is -0.570. The lowest BCUT2D eigenvalue weighted by molar-refractivity contribution is 0.555. The lowest BCUT2D eigenvalue weighted by Gasteiger charge is -2.13. The van der Waals surface area contributed by atoms with Gasteiger partial charge in [-0.3, -0.25) is 0 Å². The topological polar surface area (TPSA) is 29.4 Å². The smallest absolute Gasteiger partial charge is 0.211 e. The fourth-order valence-electron chi connectivity index (χ4n) is 1.69. The molecule has 0 unspecified atom stereocenters. The van der Waals surface area contributed by atoms with Crippen molar-refractivity contribution in [2.24, 2.45) is 4.99 Å². The molecular weight excluding hydrogens is 274 g/mol. The maximum atomic E-state index is 10.4. The van der Waals surface area contributed by atoms with Crippen LogP contribution in [0.3, 0.4) is 0 Å². The summed E-state index contributed by atoms with van der Waals surface area (Å²) in [6, 6.07) is 6.13. The van der Waals surface area contributed by atoms with Gasteiger partial charge in [0.05, 0.1) is 5.54 Å². The predicted molar refractivity (Wildman–Crippen MR) is 65.0 cm³/mol. The number of rotatable bonds is 3. The first-order chi connectivity index (χ1) is 7.22. The molecule has 0 radical (unpaired) electrons. The molecule has 0 heterocycles. The second-order valence-electron chi connectivity index (χ2n) is 3.58. The zero-order valence-electron chi connectivity index (χ0n) is 8.29. The summed E-state index contributed by atoms with van der Waals surface area (Å²) in [6.07, 6.45) is 5.63. The summed E-state index contributed by atoms with van der Waals surface area (Å²) in [4.78, 5) is 15.5. The van der Waals surface area contributed by atoms with E-state index in [2.05, 4.69) is 33.1 Å². The highest BCUT2D eigenvalue weighted by atomic mass is 79.9. The third-order valence-corrected chi connectivity index (χ3v) is 3.94. The summed E-state index contributed by atoms with van der Waals surface area (Å²) >= 11 is 5.13. The van der Waals surface area contributed by atoms with Crippen molar-refractivity contribution in [2.45, 2.75) is 23.3 Å². The number of nitrogens with zero attached hydrogens (tertiary/aromatic N) is 1. The molecule has 0 spiro atoms. The van der Waals surface area contributed by atoms with E-state index in [0.717, 1.165) is 22.9 Å². The van der Waals surface area contributed by atoms with Gasteiger partial charge in [0.15, 0.2) is 0 Å². The Kier molecular flexibility index (Phi) is 3.01. The van der Waals surface area contributed by atoms with Crippen LogP contribution in [-0.2, 0) is 10.3 Å². The van der Waals surface area contributed by atoms with E-state index in [0.29, 0.717) is 0 Å². The number of benzene rings is 1. The van der Waals surface area contributed by atoms with Gasteiger partial charge < -0.3 is 0 Å². The van der Waals surface area contributed by atoms with Crippen LogP contribution in [0.1, 0.15) is 18.4 Å². The van der Waals surface area contributed by atoms with E-state index < -0.39 is 0 Å². The van der Waals surface area contributed by atoms with E-state index in [1.807, 2.05) is 12.3 Å². The Bertz CT molecular complexity index is 436. The lowest BCUT2D eigenvalue weighted by Crippen LogP contribution is -2.04. The number of halogens is 1. The fraction of sp³-hybridized carbons (Fsp3) is 0.364. The SMILES string of the molecule is CSc1ccc(Br)cc1C1(N=C=O)CC1. The number of thioether (sulfide) groups is 1. The monoisotopic (exact) mass is 283 g/mol. The quantitative estimate of drug-likeness (QED) is 0.483. The van der Waals surface area contributed by atoms with Gasteiger partial charge in [0.1, 0.15) is 0 Å². The van der Waals surface area contributed by atoms with Crippen molar-refractivity contribution in [1.29, 1.82) is 0 Å². The van der Waals surface area contributed by atoms with Gasteiger partial charge in [0, 0.05) is 9.37 Å². The number of carbonyl (C=O) groups excluding carboxylic acids is 1. The largest absolute Gasteiger partial charge is 0.235 e. The average molecular weight is 284 g/mol. The molecule has 0 N–H and O–H groups in total. The van der Waals surface area contributed by atoms with Crippen LogP contribution < -0.4 is 0 Å². The Labute approximate surface area is 101 Å². The highest BCUT2D eigenvalue weighted by Crippen LogP contribution is 2.52. The molecule has 2 nitrogen and oxygen atoms in total.